The maximum Gasteiger partial charge on any atom is 0.0953 e. The molecule has 0 aliphatic rings. The predicted octanol–water partition coefficient (Wildman–Crippen LogP) is 3.24. The lowest BCUT2D eigenvalue weighted by Crippen LogP contribution is -2.10. The van der Waals surface area contributed by atoms with Crippen LogP contribution in [-0.2, 0) is 13.6 Å². The van der Waals surface area contributed by atoms with Gasteiger partial charge in [0.05, 0.1) is 17.7 Å². The van der Waals surface area contributed by atoms with Crippen molar-refractivity contribution in [3.8, 4) is 11.3 Å². The third-order valence-electron chi connectivity index (χ3n) is 3.59. The largest absolute Gasteiger partial charge is 0.336 e. The highest BCUT2D eigenvalue weighted by atomic mass is 15.1. The molecule has 0 bridgehead atoms. The maximum atomic E-state index is 4.59. The molecule has 3 nitrogen and oxygen atoms in total. The molecular weight excluding hydrogens is 234 g/mol. The molecule has 0 amide bonds. The van der Waals surface area contributed by atoms with E-state index in [1.165, 1.54) is 22.4 Å². The van der Waals surface area contributed by atoms with Crippen molar-refractivity contribution < 1.29 is 0 Å². The number of benzene rings is 1. The van der Waals surface area contributed by atoms with Crippen LogP contribution < -0.4 is 5.32 Å². The zero-order valence-corrected chi connectivity index (χ0v) is 12.5. The molecule has 3 heteroatoms. The molecule has 0 atom stereocenters. The predicted molar refractivity (Wildman–Crippen MR) is 80.2 cm³/mol. The Hall–Kier alpha value is -1.61. The van der Waals surface area contributed by atoms with Crippen molar-refractivity contribution in [3.63, 3.8) is 0 Å². The molecule has 102 valence electrons. The Morgan fingerprint density at radius 2 is 2.05 bits per heavy atom. The average Bonchev–Trinajstić information content (AvgIpc) is 2.72. The molecule has 0 spiro atoms. The van der Waals surface area contributed by atoms with Crippen LogP contribution in [0, 0.1) is 6.92 Å². The Morgan fingerprint density at radius 3 is 2.68 bits per heavy atom. The fourth-order valence-electron chi connectivity index (χ4n) is 2.31. The lowest BCUT2D eigenvalue weighted by atomic mass is 9.95. The molecule has 1 heterocycles. The number of aryl methyl sites for hydroxylation is 2. The molecule has 0 unspecified atom stereocenters. The highest BCUT2D eigenvalue weighted by Crippen LogP contribution is 2.28. The molecule has 2 rings (SSSR count). The SMILES string of the molecule is CNCc1c(-c2cc(C(C)C)ccc2C)ncn1C. The summed E-state index contributed by atoms with van der Waals surface area (Å²) < 4.78 is 2.09. The molecule has 0 aliphatic carbocycles. The van der Waals surface area contributed by atoms with Gasteiger partial charge in [-0.2, -0.15) is 0 Å². The third-order valence-corrected chi connectivity index (χ3v) is 3.59. The van der Waals surface area contributed by atoms with E-state index in [4.69, 9.17) is 0 Å². The van der Waals surface area contributed by atoms with Crippen LogP contribution in [0.4, 0.5) is 0 Å². The van der Waals surface area contributed by atoms with Gasteiger partial charge in [0.25, 0.3) is 0 Å². The summed E-state index contributed by atoms with van der Waals surface area (Å²) in [7, 11) is 4.01. The topological polar surface area (TPSA) is 29.9 Å². The van der Waals surface area contributed by atoms with Crippen LogP contribution >= 0.6 is 0 Å². The minimum absolute atomic E-state index is 0.538. The first-order valence-corrected chi connectivity index (χ1v) is 6.80. The molecule has 1 aromatic heterocycles. The van der Waals surface area contributed by atoms with Crippen molar-refractivity contribution in [2.45, 2.75) is 33.2 Å². The normalized spacial score (nSPS) is 11.3. The van der Waals surface area contributed by atoms with E-state index in [0.717, 1.165) is 12.2 Å². The second-order valence-corrected chi connectivity index (χ2v) is 5.41. The second-order valence-electron chi connectivity index (χ2n) is 5.41. The average molecular weight is 257 g/mol. The fraction of sp³-hybridized carbons (Fsp3) is 0.438. The number of nitrogens with zero attached hydrogens (tertiary/aromatic N) is 2. The summed E-state index contributed by atoms with van der Waals surface area (Å²) >= 11 is 0. The molecule has 19 heavy (non-hydrogen) atoms. The lowest BCUT2D eigenvalue weighted by Gasteiger charge is -2.12. The molecular formula is C16H23N3. The van der Waals surface area contributed by atoms with E-state index >= 15 is 0 Å². The Morgan fingerprint density at radius 1 is 1.32 bits per heavy atom. The molecule has 1 aromatic carbocycles. The van der Waals surface area contributed by atoms with E-state index in [2.05, 4.69) is 53.8 Å². The van der Waals surface area contributed by atoms with Gasteiger partial charge in [-0.3, -0.25) is 0 Å². The van der Waals surface area contributed by atoms with Gasteiger partial charge < -0.3 is 9.88 Å². The van der Waals surface area contributed by atoms with Crippen LogP contribution in [0.25, 0.3) is 11.3 Å². The van der Waals surface area contributed by atoms with Crippen molar-refractivity contribution in [2.75, 3.05) is 7.05 Å². The molecule has 0 fully saturated rings. The highest BCUT2D eigenvalue weighted by Gasteiger charge is 2.13. The summed E-state index contributed by atoms with van der Waals surface area (Å²) in [6, 6.07) is 6.69. The smallest absolute Gasteiger partial charge is 0.0953 e. The van der Waals surface area contributed by atoms with E-state index < -0.39 is 0 Å². The van der Waals surface area contributed by atoms with Crippen LogP contribution in [0.5, 0.6) is 0 Å². The Balaban J connectivity index is 2.55. The quantitative estimate of drug-likeness (QED) is 0.911. The number of hydrogen-bond acceptors (Lipinski definition) is 2. The minimum atomic E-state index is 0.538. The van der Waals surface area contributed by atoms with Crippen LogP contribution in [-0.4, -0.2) is 16.6 Å². The van der Waals surface area contributed by atoms with Gasteiger partial charge in [-0.15, -0.1) is 0 Å². The van der Waals surface area contributed by atoms with E-state index in [0.29, 0.717) is 5.92 Å². The molecule has 0 saturated heterocycles. The van der Waals surface area contributed by atoms with Gasteiger partial charge in [0.1, 0.15) is 0 Å². The molecule has 1 N–H and O–H groups in total. The van der Waals surface area contributed by atoms with Crippen molar-refractivity contribution in [2.24, 2.45) is 7.05 Å². The highest BCUT2D eigenvalue weighted by molar-refractivity contribution is 5.67. The van der Waals surface area contributed by atoms with Gasteiger partial charge in [-0.1, -0.05) is 26.0 Å². The summed E-state index contributed by atoms with van der Waals surface area (Å²) in [6.07, 6.45) is 1.89. The fourth-order valence-corrected chi connectivity index (χ4v) is 2.31. The van der Waals surface area contributed by atoms with Gasteiger partial charge in [-0.05, 0) is 37.1 Å². The zero-order valence-electron chi connectivity index (χ0n) is 12.5. The standard InChI is InChI=1S/C16H23N3/c1-11(2)13-7-6-12(3)14(8-13)16-15(9-17-4)19(5)10-18-16/h6-8,10-11,17H,9H2,1-5H3. The number of rotatable bonds is 4. The van der Waals surface area contributed by atoms with E-state index in [1.54, 1.807) is 0 Å². The monoisotopic (exact) mass is 257 g/mol. The summed E-state index contributed by atoms with van der Waals surface area (Å²) in [5.41, 5.74) is 6.21. The van der Waals surface area contributed by atoms with Gasteiger partial charge in [0.2, 0.25) is 0 Å². The van der Waals surface area contributed by atoms with Gasteiger partial charge in [-0.25, -0.2) is 4.98 Å². The van der Waals surface area contributed by atoms with E-state index in [9.17, 15) is 0 Å². The minimum Gasteiger partial charge on any atom is -0.336 e. The van der Waals surface area contributed by atoms with Crippen LogP contribution in [0.15, 0.2) is 24.5 Å². The molecule has 0 saturated carbocycles. The zero-order chi connectivity index (χ0) is 14.0. The van der Waals surface area contributed by atoms with Crippen LogP contribution in [0.1, 0.15) is 36.6 Å². The van der Waals surface area contributed by atoms with Gasteiger partial charge in [0, 0.05) is 19.2 Å². The Labute approximate surface area is 115 Å². The van der Waals surface area contributed by atoms with Crippen LogP contribution in [0.3, 0.4) is 0 Å². The van der Waals surface area contributed by atoms with Crippen LogP contribution in [0.2, 0.25) is 0 Å². The van der Waals surface area contributed by atoms with Gasteiger partial charge in [0.15, 0.2) is 0 Å². The Bertz CT molecular complexity index is 567. The number of imidazole rings is 1. The molecule has 2 aromatic rings. The van der Waals surface area contributed by atoms with Crippen molar-refractivity contribution >= 4 is 0 Å². The van der Waals surface area contributed by atoms with Gasteiger partial charge >= 0.3 is 0 Å². The summed E-state index contributed by atoms with van der Waals surface area (Å²) in [6.45, 7) is 7.43. The number of nitrogens with one attached hydrogen (secondary N) is 1. The third kappa shape index (κ3) is 2.71. The molecule has 0 aliphatic heterocycles. The summed E-state index contributed by atoms with van der Waals surface area (Å²) in [5, 5.41) is 3.22. The Kier molecular flexibility index (Phi) is 4.05. The second kappa shape index (κ2) is 5.57. The van der Waals surface area contributed by atoms with Crippen molar-refractivity contribution in [3.05, 3.63) is 41.3 Å². The lowest BCUT2D eigenvalue weighted by molar-refractivity contribution is 0.735. The maximum absolute atomic E-state index is 4.59. The van der Waals surface area contributed by atoms with Crippen molar-refractivity contribution in [1.29, 1.82) is 0 Å². The first-order valence-electron chi connectivity index (χ1n) is 6.80. The first kappa shape index (κ1) is 13.8. The van der Waals surface area contributed by atoms with Crippen molar-refractivity contribution in [1.82, 2.24) is 14.9 Å². The summed E-state index contributed by atoms with van der Waals surface area (Å²) in [4.78, 5) is 4.59. The summed E-state index contributed by atoms with van der Waals surface area (Å²) in [5.74, 6) is 0.538. The number of hydrogen-bond donors (Lipinski definition) is 1. The van der Waals surface area contributed by atoms with E-state index in [1.807, 2.05) is 20.4 Å². The molecule has 0 radical (unpaired) electrons. The number of aromatic nitrogens is 2. The first-order chi connectivity index (χ1) is 9.04. The van der Waals surface area contributed by atoms with E-state index in [-0.39, 0.29) is 0 Å².